The molecule has 0 amide bonds. The van der Waals surface area contributed by atoms with Gasteiger partial charge >= 0.3 is 5.97 Å². The summed E-state index contributed by atoms with van der Waals surface area (Å²) in [5.41, 5.74) is 1.40. The molecule has 0 fully saturated rings. The summed E-state index contributed by atoms with van der Waals surface area (Å²) in [6, 6.07) is 9.39. The first-order valence-electron chi connectivity index (χ1n) is 5.92. The van der Waals surface area contributed by atoms with Crippen LogP contribution in [-0.2, 0) is 11.2 Å². The highest BCUT2D eigenvalue weighted by molar-refractivity contribution is 5.80. The minimum atomic E-state index is -1.04. The lowest BCUT2D eigenvalue weighted by Crippen LogP contribution is -2.02. The van der Waals surface area contributed by atoms with Crippen LogP contribution in [0.3, 0.4) is 0 Å². The highest BCUT2D eigenvalue weighted by Gasteiger charge is 2.15. The number of aliphatic carboxylic acids is 1. The average molecular weight is 274 g/mol. The van der Waals surface area contributed by atoms with Crippen LogP contribution in [-0.4, -0.2) is 28.4 Å². The number of ether oxygens (including phenoxy) is 1. The fourth-order valence-corrected chi connectivity index (χ4v) is 2.06. The number of methoxy groups -OCH3 is 1. The van der Waals surface area contributed by atoms with Crippen molar-refractivity contribution in [3.63, 3.8) is 0 Å². The Balaban J connectivity index is 2.55. The number of carbonyl (C=O) groups is 1. The van der Waals surface area contributed by atoms with Crippen molar-refractivity contribution in [2.75, 3.05) is 7.11 Å². The van der Waals surface area contributed by atoms with Crippen molar-refractivity contribution >= 4 is 5.97 Å². The average Bonchev–Trinajstić information content (AvgIpc) is 2.38. The molecule has 0 aliphatic rings. The third-order valence-electron chi connectivity index (χ3n) is 2.90. The number of hydrogen-bond acceptors (Lipinski definition) is 4. The number of carboxylic acid groups (broad SMARTS) is 1. The first-order chi connectivity index (χ1) is 9.51. The molecule has 3 N–H and O–H groups in total. The molecule has 2 rings (SSSR count). The van der Waals surface area contributed by atoms with E-state index in [1.54, 1.807) is 31.4 Å². The summed E-state index contributed by atoms with van der Waals surface area (Å²) in [5, 5.41) is 28.4. The Hall–Kier alpha value is -2.69. The summed E-state index contributed by atoms with van der Waals surface area (Å²) in [6.45, 7) is 0. The lowest BCUT2D eigenvalue weighted by atomic mass is 9.96. The fourth-order valence-electron chi connectivity index (χ4n) is 2.06. The standard InChI is InChI=1S/C15H14O5/c1-20-12-4-2-9(3-5-12)15-10(7-14(18)19)6-11(16)8-13(15)17/h2-6,8,16-17H,7H2,1H3,(H,18,19). The molecule has 5 nitrogen and oxygen atoms in total. The molecular weight excluding hydrogens is 260 g/mol. The Bertz CT molecular complexity index is 631. The van der Waals surface area contributed by atoms with E-state index in [1.807, 2.05) is 0 Å². The maximum absolute atomic E-state index is 10.9. The van der Waals surface area contributed by atoms with Crippen LogP contribution < -0.4 is 4.74 Å². The van der Waals surface area contributed by atoms with Gasteiger partial charge in [-0.15, -0.1) is 0 Å². The van der Waals surface area contributed by atoms with Crippen molar-refractivity contribution in [2.45, 2.75) is 6.42 Å². The molecule has 0 unspecified atom stereocenters. The largest absolute Gasteiger partial charge is 0.508 e. The number of hydrogen-bond donors (Lipinski definition) is 3. The maximum atomic E-state index is 10.9. The molecule has 2 aromatic carbocycles. The first-order valence-corrected chi connectivity index (χ1v) is 5.92. The summed E-state index contributed by atoms with van der Waals surface area (Å²) >= 11 is 0. The van der Waals surface area contributed by atoms with Gasteiger partial charge in [0.05, 0.1) is 13.5 Å². The molecular formula is C15H14O5. The molecule has 0 radical (unpaired) electrons. The van der Waals surface area contributed by atoms with E-state index in [0.717, 1.165) is 0 Å². The molecule has 0 aliphatic heterocycles. The summed E-state index contributed by atoms with van der Waals surface area (Å²) in [7, 11) is 1.54. The maximum Gasteiger partial charge on any atom is 0.307 e. The molecule has 2 aromatic rings. The predicted molar refractivity (Wildman–Crippen MR) is 73.1 cm³/mol. The third kappa shape index (κ3) is 2.83. The Kier molecular flexibility index (Phi) is 3.79. The van der Waals surface area contributed by atoms with E-state index in [-0.39, 0.29) is 17.9 Å². The van der Waals surface area contributed by atoms with Crippen LogP contribution in [0.4, 0.5) is 0 Å². The molecule has 5 heteroatoms. The predicted octanol–water partition coefficient (Wildman–Crippen LogP) is 2.40. The monoisotopic (exact) mass is 274 g/mol. The van der Waals surface area contributed by atoms with Crippen molar-refractivity contribution in [3.8, 4) is 28.4 Å². The lowest BCUT2D eigenvalue weighted by molar-refractivity contribution is -0.136. The molecule has 0 saturated carbocycles. The van der Waals surface area contributed by atoms with Gasteiger partial charge in [0.2, 0.25) is 0 Å². The second-order valence-corrected chi connectivity index (χ2v) is 4.30. The highest BCUT2D eigenvalue weighted by Crippen LogP contribution is 2.36. The van der Waals surface area contributed by atoms with Gasteiger partial charge in [-0.1, -0.05) is 12.1 Å². The number of carboxylic acids is 1. The molecule has 0 spiro atoms. The Morgan fingerprint density at radius 1 is 1.15 bits per heavy atom. The smallest absolute Gasteiger partial charge is 0.307 e. The van der Waals surface area contributed by atoms with Crippen molar-refractivity contribution in [1.29, 1.82) is 0 Å². The minimum absolute atomic E-state index is 0.161. The van der Waals surface area contributed by atoms with Crippen LogP contribution in [0.15, 0.2) is 36.4 Å². The number of benzene rings is 2. The molecule has 0 bridgehead atoms. The summed E-state index contributed by atoms with van der Waals surface area (Å²) in [6.07, 6.45) is -0.288. The lowest BCUT2D eigenvalue weighted by Gasteiger charge is -2.12. The Morgan fingerprint density at radius 3 is 2.35 bits per heavy atom. The van der Waals surface area contributed by atoms with E-state index in [1.165, 1.54) is 12.1 Å². The summed E-state index contributed by atoms with van der Waals surface area (Å²) < 4.78 is 5.05. The van der Waals surface area contributed by atoms with Crippen LogP contribution in [0.1, 0.15) is 5.56 Å². The zero-order valence-electron chi connectivity index (χ0n) is 10.8. The van der Waals surface area contributed by atoms with Gasteiger partial charge in [0.25, 0.3) is 0 Å². The van der Waals surface area contributed by atoms with Crippen molar-refractivity contribution in [2.24, 2.45) is 0 Å². The molecule has 0 atom stereocenters. The van der Waals surface area contributed by atoms with Crippen LogP contribution in [0.5, 0.6) is 17.2 Å². The summed E-state index contributed by atoms with van der Waals surface area (Å²) in [5.74, 6) is -0.709. The molecule has 104 valence electrons. The number of aromatic hydroxyl groups is 2. The second kappa shape index (κ2) is 5.52. The van der Waals surface area contributed by atoms with Crippen LogP contribution in [0, 0.1) is 0 Å². The van der Waals surface area contributed by atoms with Gasteiger partial charge in [0.1, 0.15) is 17.2 Å². The SMILES string of the molecule is COc1ccc(-c2c(O)cc(O)cc2CC(=O)O)cc1. The third-order valence-corrected chi connectivity index (χ3v) is 2.90. The second-order valence-electron chi connectivity index (χ2n) is 4.30. The van der Waals surface area contributed by atoms with Gasteiger partial charge in [0, 0.05) is 11.6 Å². The van der Waals surface area contributed by atoms with Gasteiger partial charge < -0.3 is 20.1 Å². The fraction of sp³-hybridized carbons (Fsp3) is 0.133. The topological polar surface area (TPSA) is 87.0 Å². The number of phenolic OH excluding ortho intramolecular Hbond substituents is 2. The summed E-state index contributed by atoms with van der Waals surface area (Å²) in [4.78, 5) is 10.9. The normalized spacial score (nSPS) is 10.2. The van der Waals surface area contributed by atoms with Gasteiger partial charge in [-0.2, -0.15) is 0 Å². The van der Waals surface area contributed by atoms with Gasteiger partial charge in [-0.05, 0) is 29.3 Å². The van der Waals surface area contributed by atoms with Crippen LogP contribution in [0.25, 0.3) is 11.1 Å². The van der Waals surface area contributed by atoms with E-state index in [4.69, 9.17) is 9.84 Å². The van der Waals surface area contributed by atoms with Crippen molar-refractivity contribution < 1.29 is 24.9 Å². The molecule has 0 heterocycles. The van der Waals surface area contributed by atoms with E-state index >= 15 is 0 Å². The van der Waals surface area contributed by atoms with Gasteiger partial charge in [-0.25, -0.2) is 0 Å². The quantitative estimate of drug-likeness (QED) is 0.797. The van der Waals surface area contributed by atoms with Gasteiger partial charge in [0.15, 0.2) is 0 Å². The van der Waals surface area contributed by atoms with Gasteiger partial charge in [-0.3, -0.25) is 4.79 Å². The molecule has 0 aliphatic carbocycles. The highest BCUT2D eigenvalue weighted by atomic mass is 16.5. The van der Waals surface area contributed by atoms with Crippen molar-refractivity contribution in [1.82, 2.24) is 0 Å². The number of rotatable bonds is 4. The molecule has 0 aromatic heterocycles. The minimum Gasteiger partial charge on any atom is -0.508 e. The Morgan fingerprint density at radius 2 is 1.80 bits per heavy atom. The first kappa shape index (κ1) is 13.7. The van der Waals surface area contributed by atoms with Crippen molar-refractivity contribution in [3.05, 3.63) is 42.0 Å². The van der Waals surface area contributed by atoms with Crippen LogP contribution in [0.2, 0.25) is 0 Å². The Labute approximate surface area is 115 Å². The zero-order valence-corrected chi connectivity index (χ0v) is 10.8. The van der Waals surface area contributed by atoms with E-state index < -0.39 is 5.97 Å². The van der Waals surface area contributed by atoms with Crippen LogP contribution >= 0.6 is 0 Å². The molecule has 20 heavy (non-hydrogen) atoms. The van der Waals surface area contributed by atoms with E-state index in [0.29, 0.717) is 22.4 Å². The van der Waals surface area contributed by atoms with E-state index in [2.05, 4.69) is 0 Å². The number of phenols is 2. The van der Waals surface area contributed by atoms with E-state index in [9.17, 15) is 15.0 Å². The molecule has 0 saturated heterocycles. The zero-order chi connectivity index (χ0) is 14.7.